The molecule has 0 saturated heterocycles. The van der Waals surface area contributed by atoms with Gasteiger partial charge in [-0.3, -0.25) is 0 Å². The normalized spacial score (nSPS) is 11.7. The Labute approximate surface area is 282 Å². The molecule has 10 aromatic rings. The summed E-state index contributed by atoms with van der Waals surface area (Å²) in [6.07, 6.45) is 0. The van der Waals surface area contributed by atoms with Crippen LogP contribution in [0.15, 0.2) is 174 Å². The minimum Gasteiger partial charge on any atom is -0.455 e. The highest BCUT2D eigenvalue weighted by Gasteiger charge is 2.20. The molecule has 0 N–H and O–H groups in total. The number of hydrogen-bond donors (Lipinski definition) is 0. The van der Waals surface area contributed by atoms with Gasteiger partial charge in [0.05, 0.1) is 11.2 Å². The van der Waals surface area contributed by atoms with E-state index in [-0.39, 0.29) is 0 Å². The van der Waals surface area contributed by atoms with Gasteiger partial charge in [-0.1, -0.05) is 146 Å². The van der Waals surface area contributed by atoms with Crippen LogP contribution < -0.4 is 0 Å². The van der Waals surface area contributed by atoms with Crippen LogP contribution >= 0.6 is 0 Å². The van der Waals surface area contributed by atoms with Gasteiger partial charge in [-0.2, -0.15) is 0 Å². The summed E-state index contributed by atoms with van der Waals surface area (Å²) in [5.41, 5.74) is 10.3. The molecule has 0 fully saturated rings. The molecule has 49 heavy (non-hydrogen) atoms. The highest BCUT2D eigenvalue weighted by atomic mass is 16.3. The van der Waals surface area contributed by atoms with Gasteiger partial charge in [0, 0.05) is 32.7 Å². The van der Waals surface area contributed by atoms with Crippen LogP contribution in [0.4, 0.5) is 0 Å². The van der Waals surface area contributed by atoms with Crippen molar-refractivity contribution in [3.05, 3.63) is 170 Å². The lowest BCUT2D eigenvalue weighted by Crippen LogP contribution is -1.96. The SMILES string of the molecule is c1ccc(-c2ccc(-c3nc(-c4cc5c(oc6cccc(-c7ccc8ccccc8c7)c65)c5ccccc45)nc4ccccc34)cc2)cc1. The number of rotatable bonds is 4. The van der Waals surface area contributed by atoms with Crippen LogP contribution in [0, 0.1) is 0 Å². The van der Waals surface area contributed by atoms with E-state index >= 15 is 0 Å². The van der Waals surface area contributed by atoms with Crippen molar-refractivity contribution in [2.75, 3.05) is 0 Å². The molecule has 228 valence electrons. The molecule has 10 rings (SSSR count). The van der Waals surface area contributed by atoms with Crippen molar-refractivity contribution in [2.24, 2.45) is 0 Å². The predicted octanol–water partition coefficient (Wildman–Crippen LogP) is 12.5. The van der Waals surface area contributed by atoms with E-state index in [0.717, 1.165) is 71.6 Å². The second-order valence-corrected chi connectivity index (χ2v) is 12.5. The van der Waals surface area contributed by atoms with E-state index in [2.05, 4.69) is 158 Å². The Balaban J connectivity index is 1.22. The average molecular weight is 625 g/mol. The van der Waals surface area contributed by atoms with E-state index < -0.39 is 0 Å². The number of para-hydroxylation sites is 1. The summed E-state index contributed by atoms with van der Waals surface area (Å²) in [4.78, 5) is 10.5. The van der Waals surface area contributed by atoms with E-state index in [1.165, 1.54) is 21.9 Å². The maximum Gasteiger partial charge on any atom is 0.161 e. The molecule has 0 amide bonds. The minimum atomic E-state index is 0.691. The third-order valence-electron chi connectivity index (χ3n) is 9.67. The summed E-state index contributed by atoms with van der Waals surface area (Å²) >= 11 is 0. The molecule has 2 aromatic heterocycles. The Morgan fingerprint density at radius 2 is 1.06 bits per heavy atom. The van der Waals surface area contributed by atoms with Gasteiger partial charge in [0.25, 0.3) is 0 Å². The van der Waals surface area contributed by atoms with Gasteiger partial charge in [0.15, 0.2) is 5.82 Å². The van der Waals surface area contributed by atoms with Crippen LogP contribution in [0.3, 0.4) is 0 Å². The van der Waals surface area contributed by atoms with Crippen LogP contribution in [0.5, 0.6) is 0 Å². The van der Waals surface area contributed by atoms with Crippen molar-refractivity contribution in [3.8, 4) is 44.9 Å². The third-order valence-corrected chi connectivity index (χ3v) is 9.67. The van der Waals surface area contributed by atoms with Crippen molar-refractivity contribution in [3.63, 3.8) is 0 Å². The fraction of sp³-hybridized carbons (Fsp3) is 0. The van der Waals surface area contributed by atoms with Crippen LogP contribution in [-0.2, 0) is 0 Å². The molecule has 3 heteroatoms. The zero-order chi connectivity index (χ0) is 32.3. The number of nitrogens with zero attached hydrogens (tertiary/aromatic N) is 2. The highest BCUT2D eigenvalue weighted by Crippen LogP contribution is 2.43. The van der Waals surface area contributed by atoms with Crippen molar-refractivity contribution >= 4 is 54.4 Å². The first-order valence-corrected chi connectivity index (χ1v) is 16.6. The molecule has 0 bridgehead atoms. The first kappa shape index (κ1) is 27.5. The van der Waals surface area contributed by atoms with Crippen molar-refractivity contribution in [1.29, 1.82) is 0 Å². The molecule has 0 saturated carbocycles. The van der Waals surface area contributed by atoms with Gasteiger partial charge in [-0.25, -0.2) is 9.97 Å². The molecule has 0 radical (unpaired) electrons. The molecule has 8 aromatic carbocycles. The summed E-state index contributed by atoms with van der Waals surface area (Å²) in [5.74, 6) is 0.691. The summed E-state index contributed by atoms with van der Waals surface area (Å²) < 4.78 is 6.68. The van der Waals surface area contributed by atoms with E-state index in [0.29, 0.717) is 5.82 Å². The zero-order valence-electron chi connectivity index (χ0n) is 26.5. The number of hydrogen-bond acceptors (Lipinski definition) is 3. The first-order chi connectivity index (χ1) is 24.3. The van der Waals surface area contributed by atoms with E-state index in [1.54, 1.807) is 0 Å². The van der Waals surface area contributed by atoms with Crippen molar-refractivity contribution in [1.82, 2.24) is 9.97 Å². The maximum atomic E-state index is 6.68. The second kappa shape index (κ2) is 11.0. The summed E-state index contributed by atoms with van der Waals surface area (Å²) in [6.45, 7) is 0. The van der Waals surface area contributed by atoms with Crippen LogP contribution in [0.1, 0.15) is 0 Å². The van der Waals surface area contributed by atoms with E-state index in [4.69, 9.17) is 14.4 Å². The van der Waals surface area contributed by atoms with Gasteiger partial charge >= 0.3 is 0 Å². The Hall–Kier alpha value is -6.58. The maximum absolute atomic E-state index is 6.68. The summed E-state index contributed by atoms with van der Waals surface area (Å²) in [7, 11) is 0. The molecule has 3 nitrogen and oxygen atoms in total. The van der Waals surface area contributed by atoms with Crippen LogP contribution in [0.25, 0.3) is 99.3 Å². The Bertz CT molecular complexity index is 2870. The minimum absolute atomic E-state index is 0.691. The lowest BCUT2D eigenvalue weighted by atomic mass is 9.94. The smallest absolute Gasteiger partial charge is 0.161 e. The van der Waals surface area contributed by atoms with E-state index in [1.807, 2.05) is 12.1 Å². The first-order valence-electron chi connectivity index (χ1n) is 16.6. The van der Waals surface area contributed by atoms with E-state index in [9.17, 15) is 0 Å². The molecule has 2 heterocycles. The second-order valence-electron chi connectivity index (χ2n) is 12.5. The molecule has 0 aliphatic heterocycles. The molecular formula is C46H28N2O. The largest absolute Gasteiger partial charge is 0.455 e. The molecule has 0 atom stereocenters. The van der Waals surface area contributed by atoms with Gasteiger partial charge in [-0.05, 0) is 62.7 Å². The van der Waals surface area contributed by atoms with Crippen LogP contribution in [-0.4, -0.2) is 9.97 Å². The fourth-order valence-corrected chi connectivity index (χ4v) is 7.30. The van der Waals surface area contributed by atoms with Crippen molar-refractivity contribution in [2.45, 2.75) is 0 Å². The molecule has 0 unspecified atom stereocenters. The summed E-state index contributed by atoms with van der Waals surface area (Å²) in [6, 6.07) is 59.6. The number of furan rings is 1. The zero-order valence-corrected chi connectivity index (χ0v) is 26.5. The lowest BCUT2D eigenvalue weighted by Gasteiger charge is -2.12. The van der Waals surface area contributed by atoms with Crippen molar-refractivity contribution < 1.29 is 4.42 Å². The predicted molar refractivity (Wildman–Crippen MR) is 204 cm³/mol. The number of aromatic nitrogens is 2. The average Bonchev–Trinajstić information content (AvgIpc) is 3.56. The molecular weight excluding hydrogens is 597 g/mol. The Kier molecular flexibility index (Phi) is 6.18. The van der Waals surface area contributed by atoms with Gasteiger partial charge in [0.1, 0.15) is 11.2 Å². The molecule has 0 spiro atoms. The quantitative estimate of drug-likeness (QED) is 0.196. The molecule has 0 aliphatic carbocycles. The third kappa shape index (κ3) is 4.51. The number of fused-ring (bicyclic) bond motifs is 7. The highest BCUT2D eigenvalue weighted by molar-refractivity contribution is 6.22. The van der Waals surface area contributed by atoms with Gasteiger partial charge in [-0.15, -0.1) is 0 Å². The lowest BCUT2D eigenvalue weighted by molar-refractivity contribution is 0.673. The van der Waals surface area contributed by atoms with Gasteiger partial charge < -0.3 is 4.42 Å². The fourth-order valence-electron chi connectivity index (χ4n) is 7.30. The Morgan fingerprint density at radius 1 is 0.388 bits per heavy atom. The molecule has 0 aliphatic rings. The summed E-state index contributed by atoms with van der Waals surface area (Å²) in [5, 5.41) is 7.71. The van der Waals surface area contributed by atoms with Gasteiger partial charge in [0.2, 0.25) is 0 Å². The monoisotopic (exact) mass is 624 g/mol. The Morgan fingerprint density at radius 3 is 1.92 bits per heavy atom. The number of benzene rings is 8. The van der Waals surface area contributed by atoms with Crippen LogP contribution in [0.2, 0.25) is 0 Å². The topological polar surface area (TPSA) is 38.9 Å². The standard InChI is InChI=1S/C46H28N2O/c1-2-11-29(12-3-1)31-21-24-32(25-22-31)44-38-17-8-9-19-41(38)47-46(48-44)39-28-40-43-35(34-26-23-30-13-4-5-14-33(30)27-34)18-10-20-42(43)49-45(40)37-16-7-6-15-36(37)39/h1-28H.